The Hall–Kier alpha value is -4.35. The Kier molecular flexibility index (Phi) is 8.04. The summed E-state index contributed by atoms with van der Waals surface area (Å²) in [5, 5.41) is 2.21. The second kappa shape index (κ2) is 11.8. The van der Waals surface area contributed by atoms with Gasteiger partial charge < -0.3 is 9.64 Å². The average Bonchev–Trinajstić information content (AvgIpc) is 2.97. The van der Waals surface area contributed by atoms with Crippen molar-refractivity contribution in [1.82, 2.24) is 14.8 Å². The Morgan fingerprint density at radius 3 is 2.60 bits per heavy atom. The van der Waals surface area contributed by atoms with E-state index in [1.54, 1.807) is 17.3 Å². The average molecular weight is 544 g/mol. The fourth-order valence-electron chi connectivity index (χ4n) is 5.00. The summed E-state index contributed by atoms with van der Waals surface area (Å²) >= 11 is 0. The summed E-state index contributed by atoms with van der Waals surface area (Å²) in [5.41, 5.74) is 0.916. The Labute approximate surface area is 231 Å². The van der Waals surface area contributed by atoms with Crippen molar-refractivity contribution in [3.8, 4) is 17.6 Å². The number of methoxy groups -OCH3 is 1. The van der Waals surface area contributed by atoms with Crippen LogP contribution in [0.5, 0.6) is 5.75 Å². The molecule has 1 atom stereocenters. The minimum absolute atomic E-state index is 0.00596. The van der Waals surface area contributed by atoms with Gasteiger partial charge in [0.2, 0.25) is 0 Å². The summed E-state index contributed by atoms with van der Waals surface area (Å²) in [4.78, 5) is 21.7. The molecule has 1 saturated heterocycles. The van der Waals surface area contributed by atoms with Crippen LogP contribution in [0, 0.1) is 11.8 Å². The molecule has 0 radical (unpaired) electrons. The molecule has 8 heteroatoms. The predicted octanol–water partition coefficient (Wildman–Crippen LogP) is 5.68. The van der Waals surface area contributed by atoms with Crippen LogP contribution in [0.4, 0.5) is 13.2 Å². The molecule has 5 nitrogen and oxygen atoms in total. The van der Waals surface area contributed by atoms with Crippen LogP contribution < -0.4 is 4.74 Å². The van der Waals surface area contributed by atoms with E-state index >= 15 is 0 Å². The second-order valence-electron chi connectivity index (χ2n) is 9.76. The number of alkyl halides is 3. The van der Waals surface area contributed by atoms with Crippen molar-refractivity contribution in [2.45, 2.75) is 18.6 Å². The monoisotopic (exact) mass is 543 g/mol. The summed E-state index contributed by atoms with van der Waals surface area (Å²) in [7, 11) is 1.29. The number of carbonyl (C=O) groups is 1. The number of benzene rings is 3. The summed E-state index contributed by atoms with van der Waals surface area (Å²) in [6, 6.07) is 20.9. The van der Waals surface area contributed by atoms with Gasteiger partial charge in [-0.3, -0.25) is 14.7 Å². The SMILES string of the molecule is COc1cc(C(=O)N2CCN(CC#Cc3cccnc3)C[C@H]2Cc2ccc3ccccc3c2)cc(C(F)(F)F)c1. The molecule has 204 valence electrons. The van der Waals surface area contributed by atoms with E-state index in [0.717, 1.165) is 34.0 Å². The van der Waals surface area contributed by atoms with Gasteiger partial charge in [0.1, 0.15) is 5.75 Å². The van der Waals surface area contributed by atoms with Crippen LogP contribution in [-0.4, -0.2) is 60.0 Å². The lowest BCUT2D eigenvalue weighted by atomic mass is 9.98. The summed E-state index contributed by atoms with van der Waals surface area (Å²) < 4.78 is 45.8. The van der Waals surface area contributed by atoms with Crippen molar-refractivity contribution in [3.05, 3.63) is 107 Å². The van der Waals surface area contributed by atoms with Crippen molar-refractivity contribution >= 4 is 16.7 Å². The lowest BCUT2D eigenvalue weighted by Gasteiger charge is -2.41. The number of fused-ring (bicyclic) bond motifs is 1. The van der Waals surface area contributed by atoms with Gasteiger partial charge >= 0.3 is 6.18 Å². The van der Waals surface area contributed by atoms with E-state index in [1.807, 2.05) is 42.5 Å². The van der Waals surface area contributed by atoms with Gasteiger partial charge in [0.15, 0.2) is 0 Å². The maximum atomic E-state index is 13.7. The number of ether oxygens (including phenoxy) is 1. The van der Waals surface area contributed by atoms with Gasteiger partial charge in [-0.15, -0.1) is 0 Å². The van der Waals surface area contributed by atoms with E-state index in [1.165, 1.54) is 13.2 Å². The van der Waals surface area contributed by atoms with Gasteiger partial charge in [0.05, 0.1) is 19.2 Å². The first kappa shape index (κ1) is 27.2. The van der Waals surface area contributed by atoms with Gasteiger partial charge in [-0.25, -0.2) is 0 Å². The van der Waals surface area contributed by atoms with E-state index in [9.17, 15) is 18.0 Å². The maximum absolute atomic E-state index is 13.7. The van der Waals surface area contributed by atoms with Crippen LogP contribution in [0.2, 0.25) is 0 Å². The highest BCUT2D eigenvalue weighted by Gasteiger charge is 2.35. The minimum Gasteiger partial charge on any atom is -0.497 e. The molecule has 0 bridgehead atoms. The molecule has 1 aliphatic heterocycles. The first-order valence-corrected chi connectivity index (χ1v) is 13.0. The Balaban J connectivity index is 1.42. The highest BCUT2D eigenvalue weighted by Crippen LogP contribution is 2.33. The molecule has 0 saturated carbocycles. The third-order valence-electron chi connectivity index (χ3n) is 7.03. The Morgan fingerprint density at radius 1 is 1.02 bits per heavy atom. The van der Waals surface area contributed by atoms with Crippen molar-refractivity contribution < 1.29 is 22.7 Å². The lowest BCUT2D eigenvalue weighted by Crippen LogP contribution is -2.56. The van der Waals surface area contributed by atoms with Crippen LogP contribution >= 0.6 is 0 Å². The highest BCUT2D eigenvalue weighted by atomic mass is 19.4. The van der Waals surface area contributed by atoms with Crippen LogP contribution in [0.25, 0.3) is 10.8 Å². The molecule has 5 rings (SSSR count). The van der Waals surface area contributed by atoms with E-state index in [4.69, 9.17) is 4.74 Å². The molecular weight excluding hydrogens is 515 g/mol. The number of pyridine rings is 1. The molecule has 0 aliphatic carbocycles. The number of rotatable bonds is 5. The number of hydrogen-bond acceptors (Lipinski definition) is 4. The van der Waals surface area contributed by atoms with Crippen LogP contribution in [0.15, 0.2) is 85.2 Å². The number of piperazine rings is 1. The van der Waals surface area contributed by atoms with Gasteiger partial charge in [-0.1, -0.05) is 54.3 Å². The van der Waals surface area contributed by atoms with Crippen LogP contribution in [-0.2, 0) is 12.6 Å². The van der Waals surface area contributed by atoms with Gasteiger partial charge in [-0.05, 0) is 53.1 Å². The molecule has 1 aromatic heterocycles. The zero-order chi connectivity index (χ0) is 28.1. The van der Waals surface area contributed by atoms with Crippen molar-refractivity contribution in [2.75, 3.05) is 33.3 Å². The van der Waals surface area contributed by atoms with Crippen molar-refractivity contribution in [1.29, 1.82) is 0 Å². The number of halogens is 3. The van der Waals surface area contributed by atoms with E-state index in [-0.39, 0.29) is 17.4 Å². The molecule has 2 heterocycles. The van der Waals surface area contributed by atoms with Gasteiger partial charge in [-0.2, -0.15) is 13.2 Å². The fourth-order valence-corrected chi connectivity index (χ4v) is 5.00. The molecule has 4 aromatic rings. The third-order valence-corrected chi connectivity index (χ3v) is 7.03. The molecule has 1 aliphatic rings. The largest absolute Gasteiger partial charge is 0.497 e. The zero-order valence-electron chi connectivity index (χ0n) is 22.0. The van der Waals surface area contributed by atoms with Gasteiger partial charge in [0, 0.05) is 49.2 Å². The first-order valence-electron chi connectivity index (χ1n) is 13.0. The summed E-state index contributed by atoms with van der Waals surface area (Å²) in [6.07, 6.45) is -0.646. The topological polar surface area (TPSA) is 45.7 Å². The van der Waals surface area contributed by atoms with E-state index in [0.29, 0.717) is 32.6 Å². The summed E-state index contributed by atoms with van der Waals surface area (Å²) in [6.45, 7) is 1.96. The van der Waals surface area contributed by atoms with E-state index < -0.39 is 17.6 Å². The molecule has 1 fully saturated rings. The number of aromatic nitrogens is 1. The van der Waals surface area contributed by atoms with Crippen LogP contribution in [0.3, 0.4) is 0 Å². The number of amides is 1. The number of hydrogen-bond donors (Lipinski definition) is 0. The number of nitrogens with zero attached hydrogens (tertiary/aromatic N) is 3. The third kappa shape index (κ3) is 6.44. The minimum atomic E-state index is -4.60. The maximum Gasteiger partial charge on any atom is 0.416 e. The normalized spacial score (nSPS) is 15.9. The first-order chi connectivity index (χ1) is 19.3. The molecule has 0 N–H and O–H groups in total. The lowest BCUT2D eigenvalue weighted by molar-refractivity contribution is -0.137. The van der Waals surface area contributed by atoms with Crippen molar-refractivity contribution in [3.63, 3.8) is 0 Å². The highest BCUT2D eigenvalue weighted by molar-refractivity contribution is 5.95. The molecule has 0 spiro atoms. The number of carbonyl (C=O) groups excluding carboxylic acids is 1. The standard InChI is InChI=1S/C32H28F3N3O2/c1-40-30-19-27(18-28(20-30)32(33,34)35)31(39)38-15-14-37(13-5-7-23-6-4-12-36-21-23)22-29(38)17-24-10-11-25-8-2-3-9-26(25)16-24/h2-4,6,8-12,16,18-21,29H,13-15,17,22H2,1H3/t29-/m1/s1. The summed E-state index contributed by atoms with van der Waals surface area (Å²) in [5.74, 6) is 5.85. The quantitative estimate of drug-likeness (QED) is 0.304. The molecular formula is C32H28F3N3O2. The Morgan fingerprint density at radius 2 is 1.85 bits per heavy atom. The van der Waals surface area contributed by atoms with Crippen molar-refractivity contribution in [2.24, 2.45) is 0 Å². The second-order valence-corrected chi connectivity index (χ2v) is 9.76. The predicted molar refractivity (Wildman–Crippen MR) is 148 cm³/mol. The molecule has 1 amide bonds. The fraction of sp³-hybridized carbons (Fsp3) is 0.250. The molecule has 40 heavy (non-hydrogen) atoms. The van der Waals surface area contributed by atoms with Crippen LogP contribution in [0.1, 0.15) is 27.0 Å². The Bertz CT molecular complexity index is 1560. The zero-order valence-corrected chi connectivity index (χ0v) is 22.0. The smallest absolute Gasteiger partial charge is 0.416 e. The van der Waals surface area contributed by atoms with E-state index in [2.05, 4.69) is 33.9 Å². The molecule has 0 unspecified atom stereocenters. The van der Waals surface area contributed by atoms with Gasteiger partial charge in [0.25, 0.3) is 5.91 Å². The molecule has 3 aromatic carbocycles.